The maximum Gasteiger partial charge on any atom is -0.0270 e. The first-order valence-corrected chi connectivity index (χ1v) is 4.26. The summed E-state index contributed by atoms with van der Waals surface area (Å²) in [5.41, 5.74) is 3.15. The maximum absolute atomic E-state index is 3.45. The van der Waals surface area contributed by atoms with Gasteiger partial charge in [-0.25, -0.2) is 0 Å². The number of allylic oxidation sites excluding steroid dienone is 4. The van der Waals surface area contributed by atoms with E-state index in [0.29, 0.717) is 0 Å². The van der Waals surface area contributed by atoms with E-state index < -0.39 is 0 Å². The minimum Gasteiger partial charge on any atom is -0.0810 e. The minimum absolute atomic E-state index is 1.20. The fraction of sp³-hybridized carbons (Fsp3) is 0.600. The van der Waals surface area contributed by atoms with Crippen LogP contribution < -0.4 is 0 Å². The Kier molecular flexibility index (Phi) is 1.62. The predicted molar refractivity (Wildman–Crippen MR) is 42.5 cm³/mol. The Labute approximate surface area is 62.6 Å². The van der Waals surface area contributed by atoms with Crippen LogP contribution in [0, 0.1) is 6.08 Å². The van der Waals surface area contributed by atoms with Crippen molar-refractivity contribution in [3.05, 3.63) is 23.3 Å². The Morgan fingerprint density at radius 3 is 2.80 bits per heavy atom. The zero-order valence-corrected chi connectivity index (χ0v) is 6.32. The van der Waals surface area contributed by atoms with E-state index in [4.69, 9.17) is 0 Å². The molecule has 0 bridgehead atoms. The normalized spacial score (nSPS) is 24.8. The molecule has 0 saturated carbocycles. The van der Waals surface area contributed by atoms with Crippen molar-refractivity contribution >= 4 is 0 Å². The lowest BCUT2D eigenvalue weighted by Gasteiger charge is -1.99. The van der Waals surface area contributed by atoms with Gasteiger partial charge in [0.05, 0.1) is 0 Å². The van der Waals surface area contributed by atoms with Gasteiger partial charge in [-0.1, -0.05) is 6.08 Å². The van der Waals surface area contributed by atoms with E-state index >= 15 is 0 Å². The van der Waals surface area contributed by atoms with Gasteiger partial charge in [0.1, 0.15) is 0 Å². The third-order valence-corrected chi connectivity index (χ3v) is 2.37. The molecule has 2 aliphatic rings. The Bertz CT molecular complexity index is 162. The number of rotatable bonds is 1. The highest BCUT2D eigenvalue weighted by Crippen LogP contribution is 2.31. The molecule has 0 aromatic carbocycles. The second-order valence-electron chi connectivity index (χ2n) is 3.13. The van der Waals surface area contributed by atoms with Crippen LogP contribution in [0.25, 0.3) is 0 Å². The van der Waals surface area contributed by atoms with Gasteiger partial charge in [-0.05, 0) is 55.7 Å². The summed E-state index contributed by atoms with van der Waals surface area (Å²) in [6, 6.07) is 0. The summed E-state index contributed by atoms with van der Waals surface area (Å²) in [5, 5.41) is 0. The molecule has 0 fully saturated rings. The summed E-state index contributed by atoms with van der Waals surface area (Å²) in [7, 11) is 0. The van der Waals surface area contributed by atoms with Gasteiger partial charge in [-0.2, -0.15) is 0 Å². The van der Waals surface area contributed by atoms with Gasteiger partial charge in [0.25, 0.3) is 0 Å². The average Bonchev–Trinajstić information content (AvgIpc) is 2.59. The molecule has 0 aromatic rings. The van der Waals surface area contributed by atoms with E-state index in [2.05, 4.69) is 12.2 Å². The summed E-state index contributed by atoms with van der Waals surface area (Å²) in [6.45, 7) is 0. The van der Waals surface area contributed by atoms with E-state index in [1.165, 1.54) is 44.1 Å². The van der Waals surface area contributed by atoms with Crippen LogP contribution in [0.2, 0.25) is 0 Å². The van der Waals surface area contributed by atoms with Crippen molar-refractivity contribution < 1.29 is 0 Å². The number of hydrogen-bond acceptors (Lipinski definition) is 0. The van der Waals surface area contributed by atoms with E-state index in [0.717, 1.165) is 0 Å². The highest BCUT2D eigenvalue weighted by Gasteiger charge is 2.12. The molecule has 2 rings (SSSR count). The van der Waals surface area contributed by atoms with Gasteiger partial charge in [-0.15, -0.1) is 0 Å². The lowest BCUT2D eigenvalue weighted by atomic mass is 10.1. The Hall–Kier alpha value is -0.520. The van der Waals surface area contributed by atoms with Gasteiger partial charge in [0, 0.05) is 0 Å². The van der Waals surface area contributed by atoms with Crippen molar-refractivity contribution in [2.24, 2.45) is 0 Å². The molecule has 0 N–H and O–H groups in total. The lowest BCUT2D eigenvalue weighted by Crippen LogP contribution is -1.80. The Balaban J connectivity index is 2.10. The first kappa shape index (κ1) is 6.21. The molecule has 0 atom stereocenters. The van der Waals surface area contributed by atoms with Crippen molar-refractivity contribution in [2.75, 3.05) is 0 Å². The molecule has 10 heavy (non-hydrogen) atoms. The van der Waals surface area contributed by atoms with Gasteiger partial charge in [-0.3, -0.25) is 0 Å². The van der Waals surface area contributed by atoms with Crippen LogP contribution in [0.5, 0.6) is 0 Å². The van der Waals surface area contributed by atoms with Gasteiger partial charge in [0.15, 0.2) is 0 Å². The third kappa shape index (κ3) is 1.03. The Morgan fingerprint density at radius 1 is 1.20 bits per heavy atom. The molecule has 0 heterocycles. The van der Waals surface area contributed by atoms with Gasteiger partial charge >= 0.3 is 0 Å². The molecule has 0 aliphatic heterocycles. The van der Waals surface area contributed by atoms with Crippen LogP contribution in [0.15, 0.2) is 17.2 Å². The van der Waals surface area contributed by atoms with Crippen LogP contribution in [-0.2, 0) is 0 Å². The van der Waals surface area contributed by atoms with E-state index in [1.807, 2.05) is 0 Å². The highest BCUT2D eigenvalue weighted by atomic mass is 14.2. The third-order valence-electron chi connectivity index (χ3n) is 2.37. The fourth-order valence-corrected chi connectivity index (χ4v) is 1.81. The smallest absolute Gasteiger partial charge is 0.0270 e. The van der Waals surface area contributed by atoms with Crippen molar-refractivity contribution in [2.45, 2.75) is 38.5 Å². The molecule has 1 radical (unpaired) electrons. The second kappa shape index (κ2) is 2.61. The maximum atomic E-state index is 3.45. The van der Waals surface area contributed by atoms with Crippen molar-refractivity contribution in [3.8, 4) is 0 Å². The van der Waals surface area contributed by atoms with Crippen LogP contribution in [0.4, 0.5) is 0 Å². The first-order valence-electron chi connectivity index (χ1n) is 4.26. The van der Waals surface area contributed by atoms with Crippen molar-refractivity contribution in [1.29, 1.82) is 0 Å². The first-order chi connectivity index (χ1) is 4.97. The molecule has 0 saturated heterocycles. The molecule has 0 nitrogen and oxygen atoms in total. The molecule has 2 aliphatic carbocycles. The van der Waals surface area contributed by atoms with Crippen LogP contribution in [0.3, 0.4) is 0 Å². The van der Waals surface area contributed by atoms with E-state index in [-0.39, 0.29) is 0 Å². The van der Waals surface area contributed by atoms with Gasteiger partial charge in [0.2, 0.25) is 0 Å². The minimum atomic E-state index is 1.20. The molecule has 0 amide bonds. The molecule has 0 heteroatoms. The van der Waals surface area contributed by atoms with Crippen LogP contribution in [-0.4, -0.2) is 0 Å². The standard InChI is InChI=1S/C10H13/c1-2-6-9(5-1)10-7-3-4-8-10/h5H,1-4,6-7H2. The van der Waals surface area contributed by atoms with Crippen molar-refractivity contribution in [1.82, 2.24) is 0 Å². The van der Waals surface area contributed by atoms with E-state index in [1.54, 1.807) is 5.57 Å². The molecule has 0 aromatic heterocycles. The zero-order chi connectivity index (χ0) is 6.81. The topological polar surface area (TPSA) is 0 Å². The molecule has 53 valence electrons. The average molecular weight is 133 g/mol. The summed E-state index contributed by atoms with van der Waals surface area (Å²) in [6.07, 6.45) is 13.7. The van der Waals surface area contributed by atoms with E-state index in [9.17, 15) is 0 Å². The summed E-state index contributed by atoms with van der Waals surface area (Å²) < 4.78 is 0. The molecular weight excluding hydrogens is 120 g/mol. The predicted octanol–water partition coefficient (Wildman–Crippen LogP) is 3.01. The quantitative estimate of drug-likeness (QED) is 0.515. The SMILES string of the molecule is [C]1=C(C2=CCCC2)CCC1. The monoisotopic (exact) mass is 133 g/mol. The van der Waals surface area contributed by atoms with Gasteiger partial charge < -0.3 is 0 Å². The number of hydrogen-bond donors (Lipinski definition) is 0. The summed E-state index contributed by atoms with van der Waals surface area (Å²) in [5.74, 6) is 0. The molecule has 0 spiro atoms. The van der Waals surface area contributed by atoms with Crippen molar-refractivity contribution in [3.63, 3.8) is 0 Å². The second-order valence-corrected chi connectivity index (χ2v) is 3.13. The Morgan fingerprint density at radius 2 is 2.20 bits per heavy atom. The lowest BCUT2D eigenvalue weighted by molar-refractivity contribution is 0.878. The fourth-order valence-electron chi connectivity index (χ4n) is 1.81. The highest BCUT2D eigenvalue weighted by molar-refractivity contribution is 5.32. The molecular formula is C10H13. The van der Waals surface area contributed by atoms with Crippen LogP contribution >= 0.6 is 0 Å². The van der Waals surface area contributed by atoms with Crippen LogP contribution in [0.1, 0.15) is 38.5 Å². The molecule has 0 unspecified atom stereocenters. The zero-order valence-electron chi connectivity index (χ0n) is 6.32. The summed E-state index contributed by atoms with van der Waals surface area (Å²) >= 11 is 0. The largest absolute Gasteiger partial charge is 0.0810 e. The summed E-state index contributed by atoms with van der Waals surface area (Å²) in [4.78, 5) is 0.